The molecule has 0 unspecified atom stereocenters. The predicted molar refractivity (Wildman–Crippen MR) is 179 cm³/mol. The molecule has 0 aliphatic rings. The molecule has 55 heavy (non-hydrogen) atoms. The van der Waals surface area contributed by atoms with Gasteiger partial charge in [-0.3, -0.25) is 25.0 Å². The van der Waals surface area contributed by atoms with Crippen LogP contribution in [0.15, 0.2) is 128 Å². The summed E-state index contributed by atoms with van der Waals surface area (Å²) in [4.78, 5) is 30.8. The Kier molecular flexibility index (Phi) is 14.0. The number of rotatable bonds is 10. The van der Waals surface area contributed by atoms with Gasteiger partial charge in [0.1, 0.15) is 21.5 Å². The summed E-state index contributed by atoms with van der Waals surface area (Å²) in [6.07, 6.45) is 0. The number of nitro benzene ring substituents is 2. The Balaban J connectivity index is 0.000000546. The molecular formula is C32H24CrN9O12S. The number of non-ortho nitro benzene ring substituents is 2. The van der Waals surface area contributed by atoms with Crippen LogP contribution < -0.4 is 25.7 Å². The largest absolute Gasteiger partial charge is 3.00 e. The molecule has 0 atom stereocenters. The van der Waals surface area contributed by atoms with Crippen LogP contribution in [0.4, 0.5) is 34.1 Å². The summed E-state index contributed by atoms with van der Waals surface area (Å²) in [7, 11) is -5.35. The number of nitrogens with one attached hydrogen (secondary N) is 1. The number of hydrogen-bond acceptors (Lipinski definition) is 17. The van der Waals surface area contributed by atoms with E-state index in [0.29, 0.717) is 29.2 Å². The molecule has 4 aromatic carbocycles. The summed E-state index contributed by atoms with van der Waals surface area (Å²) >= 11 is 0. The maximum Gasteiger partial charge on any atom is 3.00 e. The Labute approximate surface area is 323 Å². The number of amides is 1. The third-order valence-corrected chi connectivity index (χ3v) is 7.58. The third-order valence-electron chi connectivity index (χ3n) is 6.74. The number of carbonyl (C=O) groups excluding carboxylic acids is 1. The predicted octanol–water partition coefficient (Wildman–Crippen LogP) is 3.76. The number of nitrogens with zero attached hydrogens (tertiary/aromatic N) is 8. The molecule has 0 saturated heterocycles. The summed E-state index contributed by atoms with van der Waals surface area (Å²) in [5, 5.41) is 90.2. The average Bonchev–Trinajstić information content (AvgIpc) is 3.40. The van der Waals surface area contributed by atoms with Crippen molar-refractivity contribution in [3.8, 4) is 23.1 Å². The quantitative estimate of drug-likeness (QED) is 0.0525. The molecular weight excluding hydrogens is 786 g/mol. The zero-order valence-corrected chi connectivity index (χ0v) is 30.0. The first kappa shape index (κ1) is 42.4. The van der Waals surface area contributed by atoms with Gasteiger partial charge in [-0.05, 0) is 31.2 Å². The van der Waals surface area contributed by atoms with E-state index in [1.165, 1.54) is 16.8 Å². The Morgan fingerprint density at radius 2 is 1.42 bits per heavy atom. The van der Waals surface area contributed by atoms with Crippen LogP contribution in [0.5, 0.6) is 17.4 Å². The van der Waals surface area contributed by atoms with Crippen molar-refractivity contribution >= 4 is 50.1 Å². The number of nitro groups is 2. The average molecular weight is 811 g/mol. The first-order valence-corrected chi connectivity index (χ1v) is 16.2. The van der Waals surface area contributed by atoms with E-state index in [2.05, 4.69) is 30.9 Å². The van der Waals surface area contributed by atoms with Crippen molar-refractivity contribution in [2.45, 2.75) is 18.7 Å². The van der Waals surface area contributed by atoms with Crippen molar-refractivity contribution in [1.29, 1.82) is 0 Å². The monoisotopic (exact) mass is 810 g/mol. The fourth-order valence-corrected chi connectivity index (χ4v) is 4.79. The van der Waals surface area contributed by atoms with Gasteiger partial charge in [-0.25, -0.2) is 13.1 Å². The molecule has 0 bridgehead atoms. The summed E-state index contributed by atoms with van der Waals surface area (Å²) in [5.41, 5.74) is -1.89. The topological polar surface area (TPSA) is 332 Å². The number of aromatic nitrogens is 2. The van der Waals surface area contributed by atoms with E-state index >= 15 is 0 Å². The van der Waals surface area contributed by atoms with Crippen molar-refractivity contribution in [3.05, 3.63) is 128 Å². The Hall–Kier alpha value is -7.06. The number of anilines is 1. The molecule has 5 rings (SSSR count). The van der Waals surface area contributed by atoms with E-state index in [1.54, 1.807) is 49.4 Å². The van der Waals surface area contributed by atoms with Crippen LogP contribution in [0.2, 0.25) is 0 Å². The van der Waals surface area contributed by atoms with Crippen molar-refractivity contribution in [2.24, 2.45) is 20.5 Å². The number of carbonyl (C=O) groups is 1. The molecule has 0 spiro atoms. The maximum atomic E-state index is 12.4. The fraction of sp³-hybridized carbons (Fsp3) is 0.0625. The molecule has 281 valence electrons. The van der Waals surface area contributed by atoms with Gasteiger partial charge in [0, 0.05) is 35.8 Å². The summed E-state index contributed by atoms with van der Waals surface area (Å²) in [6, 6.07) is 20.7. The van der Waals surface area contributed by atoms with Gasteiger partial charge in [-0.2, -0.15) is 15.3 Å². The van der Waals surface area contributed by atoms with Gasteiger partial charge in [0.2, 0.25) is 0 Å². The fourth-order valence-electron chi connectivity index (χ4n) is 4.19. The number of benzene rings is 4. The van der Waals surface area contributed by atoms with Crippen LogP contribution in [0.3, 0.4) is 0 Å². The maximum absolute atomic E-state index is 12.4. The van der Waals surface area contributed by atoms with Gasteiger partial charge in [-0.1, -0.05) is 60.9 Å². The van der Waals surface area contributed by atoms with E-state index in [-0.39, 0.29) is 37.3 Å². The minimum atomic E-state index is -5.35. The van der Waals surface area contributed by atoms with Crippen LogP contribution in [0.1, 0.15) is 15.5 Å². The van der Waals surface area contributed by atoms with Gasteiger partial charge < -0.3 is 30.3 Å². The van der Waals surface area contributed by atoms with E-state index in [1.807, 2.05) is 6.07 Å². The van der Waals surface area contributed by atoms with Crippen LogP contribution in [0, 0.1) is 27.2 Å². The zero-order valence-electron chi connectivity index (χ0n) is 30.0. The molecule has 0 aliphatic heterocycles. The van der Waals surface area contributed by atoms with Gasteiger partial charge in [0.05, 0.1) is 37.5 Å². The van der Waals surface area contributed by atoms with E-state index in [0.717, 1.165) is 25.1 Å². The molecule has 21 nitrogen and oxygen atoms in total. The smallest absolute Gasteiger partial charge is 0.874 e. The van der Waals surface area contributed by atoms with Crippen molar-refractivity contribution in [1.82, 2.24) is 9.78 Å². The molecule has 1 aromatic heterocycles. The molecule has 5 aromatic rings. The second kappa shape index (κ2) is 18.1. The van der Waals surface area contributed by atoms with Gasteiger partial charge in [-0.15, -0.1) is 16.0 Å². The van der Waals surface area contributed by atoms with Crippen molar-refractivity contribution in [2.75, 3.05) is 5.32 Å². The molecule has 1 N–H and O–H groups in total. The van der Waals surface area contributed by atoms with Crippen molar-refractivity contribution in [3.63, 3.8) is 0 Å². The van der Waals surface area contributed by atoms with Crippen LogP contribution in [-0.2, 0) is 32.3 Å². The Morgan fingerprint density at radius 3 is 1.98 bits per heavy atom. The standard InChI is InChI=1S/C16H13N5O4.C16H14N4O8S.Cr/c1-10-15(16(23)20(19-10)11-5-3-2-4-6-11)18-17-13-9-12(21(24)25)7-8-14(13)22;1-9(21)14(16(23)17-10-5-3-2-4-6-10)19-18-12-7-11(20(24)25)8-13(15(12)22)29(26,27)28;/h2-9,22-23H,1H3;2-8,21-22H,1H3,(H,17,23)(H,26,27,28);/q;;+3/p-3. The minimum Gasteiger partial charge on any atom is -0.874 e. The van der Waals surface area contributed by atoms with Crippen LogP contribution >= 0.6 is 0 Å². The van der Waals surface area contributed by atoms with Crippen LogP contribution in [-0.4, -0.2) is 38.5 Å². The van der Waals surface area contributed by atoms with Gasteiger partial charge in [0.25, 0.3) is 17.3 Å². The number of aryl methyl sites for hydroxylation is 1. The zero-order chi connectivity index (χ0) is 39.7. The second-order valence-corrected chi connectivity index (χ2v) is 11.9. The Morgan fingerprint density at radius 1 is 0.836 bits per heavy atom. The normalized spacial score (nSPS) is 11.6. The van der Waals surface area contributed by atoms with E-state index in [4.69, 9.17) is 0 Å². The summed E-state index contributed by atoms with van der Waals surface area (Å²) in [5.74, 6) is -4.32. The molecule has 0 saturated carbocycles. The number of allylic oxidation sites excluding steroid dienone is 1. The second-order valence-electron chi connectivity index (χ2n) is 10.5. The molecule has 0 aliphatic carbocycles. The first-order chi connectivity index (χ1) is 25.5. The van der Waals surface area contributed by atoms with Gasteiger partial charge >= 0.3 is 20.2 Å². The number of para-hydroxylation sites is 2. The summed E-state index contributed by atoms with van der Waals surface area (Å²) < 4.78 is 34.7. The molecule has 1 amide bonds. The van der Waals surface area contributed by atoms with Gasteiger partial charge in [0.15, 0.2) is 0 Å². The molecule has 1 heterocycles. The number of azo groups is 2. The Bertz CT molecular complexity index is 2450. The molecule has 1 radical (unpaired) electrons. The molecule has 23 heteroatoms. The van der Waals surface area contributed by atoms with E-state index < -0.39 is 71.0 Å². The minimum absolute atomic E-state index is 0. The molecule has 0 fully saturated rings. The van der Waals surface area contributed by atoms with Crippen LogP contribution in [0.25, 0.3) is 5.69 Å². The van der Waals surface area contributed by atoms with Crippen molar-refractivity contribution < 1.29 is 68.3 Å². The SMILES string of the molecule is CC([O-])=C(N=Nc1cc([N+](=O)[O-])cc(S(=O)(=O)[O-])c1[O-])C(=O)Nc1ccccc1.Cc1nn(-c2ccccc2)c([O-])c1N=Nc1cc([N+](=O)[O-])ccc1[O-].[Cr+3].[H+].[H+]. The first-order valence-electron chi connectivity index (χ1n) is 14.8. The third kappa shape index (κ3) is 10.7. The number of hydrogen-bond donors (Lipinski definition) is 1. The van der Waals surface area contributed by atoms with E-state index in [9.17, 15) is 58.4 Å². The summed E-state index contributed by atoms with van der Waals surface area (Å²) in [6.45, 7) is 2.57.